The second kappa shape index (κ2) is 8.17. The average Bonchev–Trinajstić information content (AvgIpc) is 3.41. The molecule has 1 amide bonds. The number of nitrogens with zero attached hydrogens (tertiary/aromatic N) is 1. The van der Waals surface area contributed by atoms with Gasteiger partial charge in [0.15, 0.2) is 23.0 Å². The normalized spacial score (nSPS) is 14.5. The lowest BCUT2D eigenvalue weighted by Gasteiger charge is -2.12. The third-order valence-electron chi connectivity index (χ3n) is 4.64. The van der Waals surface area contributed by atoms with E-state index in [1.165, 1.54) is 18.2 Å². The largest absolute Gasteiger partial charge is 0.491 e. The highest BCUT2D eigenvalue weighted by molar-refractivity contribution is 5.78. The number of benzene rings is 2. The fourth-order valence-corrected chi connectivity index (χ4v) is 2.89. The first-order chi connectivity index (χ1) is 14.4. The van der Waals surface area contributed by atoms with E-state index in [0.717, 1.165) is 18.9 Å². The van der Waals surface area contributed by atoms with Gasteiger partial charge in [-0.1, -0.05) is 0 Å². The minimum Gasteiger partial charge on any atom is -0.491 e. The molecule has 3 aromatic rings. The van der Waals surface area contributed by atoms with Crippen LogP contribution in [0.5, 0.6) is 11.5 Å². The Hall–Kier alpha value is -3.36. The maximum absolute atomic E-state index is 14.4. The molecule has 0 unspecified atom stereocenters. The van der Waals surface area contributed by atoms with Gasteiger partial charge in [0.05, 0.1) is 12.6 Å². The molecule has 0 saturated heterocycles. The molecule has 1 heterocycles. The number of hydrogen-bond acceptors (Lipinski definition) is 5. The second-order valence-electron chi connectivity index (χ2n) is 7.33. The molecule has 0 aliphatic heterocycles. The Morgan fingerprint density at radius 2 is 2.07 bits per heavy atom. The van der Waals surface area contributed by atoms with E-state index >= 15 is 0 Å². The molecule has 9 heteroatoms. The molecule has 1 atom stereocenters. The molecule has 2 aromatic carbocycles. The van der Waals surface area contributed by atoms with Crippen molar-refractivity contribution >= 4 is 17.2 Å². The summed E-state index contributed by atoms with van der Waals surface area (Å²) in [6.07, 6.45) is 1.03. The van der Waals surface area contributed by atoms with Gasteiger partial charge in [-0.3, -0.25) is 0 Å². The molecular weight excluding hydrogens is 398 g/mol. The first-order valence-electron chi connectivity index (χ1n) is 9.54. The van der Waals surface area contributed by atoms with Crippen molar-refractivity contribution in [1.82, 2.24) is 10.3 Å². The number of hydrogen-bond donors (Lipinski definition) is 2. The van der Waals surface area contributed by atoms with E-state index in [0.29, 0.717) is 18.1 Å². The maximum Gasteiger partial charge on any atom is 0.404 e. The molecule has 30 heavy (non-hydrogen) atoms. The molecule has 2 N–H and O–H groups in total. The summed E-state index contributed by atoms with van der Waals surface area (Å²) >= 11 is 0. The van der Waals surface area contributed by atoms with E-state index in [2.05, 4.69) is 10.3 Å². The first-order valence-corrected chi connectivity index (χ1v) is 9.54. The predicted octanol–water partition coefficient (Wildman–Crippen LogP) is 4.60. The van der Waals surface area contributed by atoms with Crippen LogP contribution < -0.4 is 14.8 Å². The minimum absolute atomic E-state index is 0.00573. The molecule has 4 rings (SSSR count). The van der Waals surface area contributed by atoms with Gasteiger partial charge < -0.3 is 24.3 Å². The lowest BCUT2D eigenvalue weighted by Crippen LogP contribution is -2.35. The van der Waals surface area contributed by atoms with Crippen molar-refractivity contribution in [1.29, 1.82) is 0 Å². The van der Waals surface area contributed by atoms with Gasteiger partial charge in [0.1, 0.15) is 17.9 Å². The van der Waals surface area contributed by atoms with E-state index in [1.54, 1.807) is 13.0 Å². The number of oxazole rings is 1. The van der Waals surface area contributed by atoms with Gasteiger partial charge >= 0.3 is 6.09 Å². The average molecular weight is 418 g/mol. The third-order valence-corrected chi connectivity index (χ3v) is 4.64. The molecule has 0 radical (unpaired) electrons. The smallest absolute Gasteiger partial charge is 0.404 e. The minimum atomic E-state index is -1.18. The first kappa shape index (κ1) is 19.9. The lowest BCUT2D eigenvalue weighted by molar-refractivity contribution is 0.183. The summed E-state index contributed by atoms with van der Waals surface area (Å²) in [6, 6.07) is 6.44. The molecule has 1 aromatic heterocycles. The molecule has 1 aliphatic carbocycles. The fraction of sp³-hybridized carbons (Fsp3) is 0.333. The van der Waals surface area contributed by atoms with Crippen LogP contribution in [0.2, 0.25) is 0 Å². The number of nitrogens with one attached hydrogen (secondary N) is 1. The quantitative estimate of drug-likeness (QED) is 0.555. The van der Waals surface area contributed by atoms with Gasteiger partial charge in [-0.05, 0) is 43.9 Å². The molecule has 1 saturated carbocycles. The zero-order chi connectivity index (χ0) is 21.3. The van der Waals surface area contributed by atoms with E-state index < -0.39 is 23.8 Å². The molecule has 158 valence electrons. The summed E-state index contributed by atoms with van der Waals surface area (Å²) in [6.45, 7) is 2.11. The van der Waals surface area contributed by atoms with Crippen LogP contribution in [-0.2, 0) is 0 Å². The zero-order valence-electron chi connectivity index (χ0n) is 16.2. The summed E-state index contributed by atoms with van der Waals surface area (Å²) in [4.78, 5) is 14.7. The van der Waals surface area contributed by atoms with Gasteiger partial charge in [0.2, 0.25) is 5.89 Å². The SMILES string of the molecule is C[C@@H](COc1cc(F)c2nc(-c3ccc(OCC4CC4)c(F)c3)oc2c1)NC(=O)O. The number of fused-ring (bicyclic) bond motifs is 1. The summed E-state index contributed by atoms with van der Waals surface area (Å²) < 4.78 is 45.3. The summed E-state index contributed by atoms with van der Waals surface area (Å²) in [5.74, 6) is -0.316. The van der Waals surface area contributed by atoms with Gasteiger partial charge in [-0.2, -0.15) is 0 Å². The molecule has 1 fully saturated rings. The number of rotatable bonds is 8. The highest BCUT2D eigenvalue weighted by atomic mass is 19.1. The van der Waals surface area contributed by atoms with Gasteiger partial charge in [0.25, 0.3) is 0 Å². The van der Waals surface area contributed by atoms with Crippen molar-refractivity contribution in [3.05, 3.63) is 42.0 Å². The fourth-order valence-electron chi connectivity index (χ4n) is 2.89. The number of halogens is 2. The number of carbonyl (C=O) groups is 1. The molecule has 0 bridgehead atoms. The van der Waals surface area contributed by atoms with Crippen molar-refractivity contribution in [2.45, 2.75) is 25.8 Å². The summed E-state index contributed by atoms with van der Waals surface area (Å²) in [7, 11) is 0. The highest BCUT2D eigenvalue weighted by Gasteiger charge is 2.23. The van der Waals surface area contributed by atoms with Gasteiger partial charge in [-0.15, -0.1) is 0 Å². The van der Waals surface area contributed by atoms with Gasteiger partial charge in [0, 0.05) is 17.7 Å². The lowest BCUT2D eigenvalue weighted by atomic mass is 10.2. The molecule has 0 spiro atoms. The van der Waals surface area contributed by atoms with Gasteiger partial charge in [-0.25, -0.2) is 18.6 Å². The summed E-state index contributed by atoms with van der Waals surface area (Å²) in [5.41, 5.74) is 0.473. The molecule has 7 nitrogen and oxygen atoms in total. The predicted molar refractivity (Wildman–Crippen MR) is 104 cm³/mol. The van der Waals surface area contributed by atoms with Crippen LogP contribution in [0.3, 0.4) is 0 Å². The monoisotopic (exact) mass is 418 g/mol. The van der Waals surface area contributed by atoms with E-state index in [4.69, 9.17) is 19.0 Å². The van der Waals surface area contributed by atoms with Crippen LogP contribution >= 0.6 is 0 Å². The van der Waals surface area contributed by atoms with Crippen LogP contribution in [0.25, 0.3) is 22.6 Å². The Bertz CT molecular complexity index is 1080. The zero-order valence-corrected chi connectivity index (χ0v) is 16.2. The number of amides is 1. The number of ether oxygens (including phenoxy) is 2. The number of aromatic nitrogens is 1. The summed E-state index contributed by atoms with van der Waals surface area (Å²) in [5, 5.41) is 10.9. The Morgan fingerprint density at radius 1 is 1.27 bits per heavy atom. The van der Waals surface area contributed by atoms with Crippen molar-refractivity contribution in [2.75, 3.05) is 13.2 Å². The number of carboxylic acid groups (broad SMARTS) is 1. The van der Waals surface area contributed by atoms with E-state index in [-0.39, 0.29) is 35.1 Å². The van der Waals surface area contributed by atoms with Crippen molar-refractivity contribution < 1.29 is 32.6 Å². The van der Waals surface area contributed by atoms with Crippen LogP contribution in [-0.4, -0.2) is 35.4 Å². The standard InChI is InChI=1S/C21H20F2N2O5/c1-11(24-21(26)27)9-28-14-7-16(23)19-18(8-14)30-20(25-19)13-4-5-17(15(22)6-13)29-10-12-2-3-12/h4-8,11-12,24H,2-3,9-10H2,1H3,(H,26,27)/t11-/m0/s1. The van der Waals surface area contributed by atoms with E-state index in [9.17, 15) is 13.6 Å². The van der Waals surface area contributed by atoms with E-state index in [1.807, 2.05) is 0 Å². The maximum atomic E-state index is 14.4. The Morgan fingerprint density at radius 3 is 2.77 bits per heavy atom. The molecule has 1 aliphatic rings. The van der Waals surface area contributed by atoms with Crippen LogP contribution in [0.4, 0.5) is 13.6 Å². The van der Waals surface area contributed by atoms with Crippen LogP contribution in [0.15, 0.2) is 34.7 Å². The van der Waals surface area contributed by atoms with Crippen molar-refractivity contribution in [3.8, 4) is 23.0 Å². The Kier molecular flexibility index (Phi) is 5.43. The van der Waals surface area contributed by atoms with Crippen molar-refractivity contribution in [3.63, 3.8) is 0 Å². The Balaban J connectivity index is 1.51. The third kappa shape index (κ3) is 4.61. The molecular formula is C21H20F2N2O5. The van der Waals surface area contributed by atoms with Crippen LogP contribution in [0.1, 0.15) is 19.8 Å². The van der Waals surface area contributed by atoms with Crippen LogP contribution in [0, 0.1) is 17.6 Å². The topological polar surface area (TPSA) is 93.8 Å². The Labute approximate surface area is 170 Å². The second-order valence-corrected chi connectivity index (χ2v) is 7.33. The highest BCUT2D eigenvalue weighted by Crippen LogP contribution is 2.33. The van der Waals surface area contributed by atoms with Crippen molar-refractivity contribution in [2.24, 2.45) is 5.92 Å².